The van der Waals surface area contributed by atoms with E-state index >= 15 is 0 Å². The number of nitrogens with one attached hydrogen (secondary N) is 1. The summed E-state index contributed by atoms with van der Waals surface area (Å²) in [5, 5.41) is 9.19. The van der Waals surface area contributed by atoms with Crippen LogP contribution in [0, 0.1) is 11.6 Å². The summed E-state index contributed by atoms with van der Waals surface area (Å²) in [6.45, 7) is 1.65. The standard InChI is InChI=1S/C18H21F2N5O5S2/c1-11-9-24(18(26)27)6-7-25(11)32(28,29)23-14-8-15(30-2)22-17(21-14)31-10-12-4-3-5-13(19)16(12)20/h3-5,8,11H,6-7,9-10H2,1-2H3,(H,26,27)(H,21,22,23)/t11-/m1/s1. The molecular formula is C18H21F2N5O5S2. The highest BCUT2D eigenvalue weighted by Crippen LogP contribution is 2.26. The maximum absolute atomic E-state index is 13.9. The van der Waals surface area contributed by atoms with E-state index in [1.807, 2.05) is 0 Å². The van der Waals surface area contributed by atoms with Crippen molar-refractivity contribution in [3.8, 4) is 5.88 Å². The summed E-state index contributed by atoms with van der Waals surface area (Å²) in [4.78, 5) is 20.5. The Morgan fingerprint density at radius 1 is 1.34 bits per heavy atom. The second kappa shape index (κ2) is 9.83. The zero-order chi connectivity index (χ0) is 23.5. The Balaban J connectivity index is 1.76. The Morgan fingerprint density at radius 3 is 2.75 bits per heavy atom. The highest BCUT2D eigenvalue weighted by molar-refractivity contribution is 7.98. The lowest BCUT2D eigenvalue weighted by Gasteiger charge is -2.37. The molecule has 0 radical (unpaired) electrons. The number of hydrogen-bond acceptors (Lipinski definition) is 7. The van der Waals surface area contributed by atoms with Crippen LogP contribution in [-0.2, 0) is 16.0 Å². The number of ether oxygens (including phenoxy) is 1. The number of halogens is 2. The van der Waals surface area contributed by atoms with E-state index in [1.165, 1.54) is 25.3 Å². The Labute approximate surface area is 187 Å². The number of amides is 1. The largest absolute Gasteiger partial charge is 0.481 e. The first-order valence-corrected chi connectivity index (χ1v) is 11.8. The van der Waals surface area contributed by atoms with Gasteiger partial charge in [-0.05, 0) is 13.0 Å². The van der Waals surface area contributed by atoms with Crippen LogP contribution in [-0.4, -0.2) is 71.6 Å². The molecule has 1 aromatic carbocycles. The number of benzene rings is 1. The first-order valence-electron chi connectivity index (χ1n) is 9.37. The molecule has 1 atom stereocenters. The molecule has 0 unspecified atom stereocenters. The monoisotopic (exact) mass is 489 g/mol. The molecule has 1 aromatic heterocycles. The number of carbonyl (C=O) groups is 1. The van der Waals surface area contributed by atoms with Gasteiger partial charge < -0.3 is 14.7 Å². The molecule has 14 heteroatoms. The van der Waals surface area contributed by atoms with Gasteiger partial charge >= 0.3 is 16.3 Å². The van der Waals surface area contributed by atoms with Gasteiger partial charge in [-0.2, -0.15) is 17.7 Å². The lowest BCUT2D eigenvalue weighted by molar-refractivity contribution is 0.109. The molecule has 2 N–H and O–H groups in total. The van der Waals surface area contributed by atoms with E-state index in [9.17, 15) is 22.0 Å². The summed E-state index contributed by atoms with van der Waals surface area (Å²) in [7, 11) is -2.72. The Bertz CT molecular complexity index is 1110. The predicted octanol–water partition coefficient (Wildman–Crippen LogP) is 2.40. The fraction of sp³-hybridized carbons (Fsp3) is 0.389. The third-order valence-corrected chi connectivity index (χ3v) is 7.18. The van der Waals surface area contributed by atoms with Crippen molar-refractivity contribution in [1.29, 1.82) is 0 Å². The maximum atomic E-state index is 13.9. The van der Waals surface area contributed by atoms with Crippen molar-refractivity contribution in [2.24, 2.45) is 0 Å². The maximum Gasteiger partial charge on any atom is 0.407 e. The lowest BCUT2D eigenvalue weighted by atomic mass is 10.2. The van der Waals surface area contributed by atoms with Crippen LogP contribution in [0.25, 0.3) is 0 Å². The van der Waals surface area contributed by atoms with Crippen LogP contribution < -0.4 is 9.46 Å². The summed E-state index contributed by atoms with van der Waals surface area (Å²) >= 11 is 0.976. The minimum Gasteiger partial charge on any atom is -0.481 e. The van der Waals surface area contributed by atoms with Gasteiger partial charge in [0.25, 0.3) is 0 Å². The molecule has 174 valence electrons. The molecule has 0 saturated carbocycles. The molecular weight excluding hydrogens is 468 g/mol. The van der Waals surface area contributed by atoms with E-state index < -0.39 is 34.0 Å². The molecule has 0 aliphatic carbocycles. The number of rotatable bonds is 7. The smallest absolute Gasteiger partial charge is 0.407 e. The van der Waals surface area contributed by atoms with Gasteiger partial charge in [-0.15, -0.1) is 0 Å². The fourth-order valence-electron chi connectivity index (χ4n) is 3.09. The Kier molecular flexibility index (Phi) is 7.36. The number of piperazine rings is 1. The van der Waals surface area contributed by atoms with Crippen LogP contribution >= 0.6 is 11.8 Å². The summed E-state index contributed by atoms with van der Waals surface area (Å²) in [5.41, 5.74) is 0.105. The number of thioether (sulfide) groups is 1. The Hall–Kier alpha value is -2.71. The second-order valence-electron chi connectivity index (χ2n) is 6.88. The van der Waals surface area contributed by atoms with Crippen molar-refractivity contribution in [3.63, 3.8) is 0 Å². The van der Waals surface area contributed by atoms with Crippen molar-refractivity contribution in [2.45, 2.75) is 23.9 Å². The molecule has 1 fully saturated rings. The number of nitrogens with zero attached hydrogens (tertiary/aromatic N) is 4. The molecule has 10 nitrogen and oxygen atoms in total. The topological polar surface area (TPSA) is 125 Å². The SMILES string of the molecule is COc1cc(NS(=O)(=O)N2CCN(C(=O)O)C[C@H]2C)nc(SCc2cccc(F)c2F)n1. The highest BCUT2D eigenvalue weighted by atomic mass is 32.2. The van der Waals surface area contributed by atoms with E-state index in [0.717, 1.165) is 27.0 Å². The van der Waals surface area contributed by atoms with Crippen LogP contribution in [0.3, 0.4) is 0 Å². The van der Waals surface area contributed by atoms with Gasteiger partial charge in [0.05, 0.1) is 7.11 Å². The minimum atomic E-state index is -4.06. The first kappa shape index (κ1) is 23.9. The highest BCUT2D eigenvalue weighted by Gasteiger charge is 2.34. The molecule has 3 rings (SSSR count). The van der Waals surface area contributed by atoms with E-state index in [-0.39, 0.29) is 47.8 Å². The van der Waals surface area contributed by atoms with Crippen LogP contribution in [0.1, 0.15) is 12.5 Å². The van der Waals surface area contributed by atoms with Crippen LogP contribution in [0.5, 0.6) is 5.88 Å². The van der Waals surface area contributed by atoms with Gasteiger partial charge in [-0.25, -0.2) is 18.6 Å². The molecule has 2 aromatic rings. The molecule has 2 heterocycles. The minimum absolute atomic E-state index is 0.0110. The van der Waals surface area contributed by atoms with Gasteiger partial charge in [0.15, 0.2) is 16.8 Å². The summed E-state index contributed by atoms with van der Waals surface area (Å²) in [6, 6.07) is 4.50. The summed E-state index contributed by atoms with van der Waals surface area (Å²) in [6.07, 6.45) is -1.11. The quantitative estimate of drug-likeness (QED) is 0.449. The third kappa shape index (κ3) is 5.55. The second-order valence-corrected chi connectivity index (χ2v) is 9.44. The molecule has 1 saturated heterocycles. The van der Waals surface area contributed by atoms with Crippen molar-refractivity contribution in [2.75, 3.05) is 31.5 Å². The molecule has 1 amide bonds. The molecule has 0 bridgehead atoms. The van der Waals surface area contributed by atoms with E-state index in [0.29, 0.717) is 0 Å². The molecule has 32 heavy (non-hydrogen) atoms. The number of anilines is 1. The molecule has 0 spiro atoms. The van der Waals surface area contributed by atoms with Crippen LogP contribution in [0.4, 0.5) is 19.4 Å². The number of methoxy groups -OCH3 is 1. The molecule has 1 aliphatic rings. The summed E-state index contributed by atoms with van der Waals surface area (Å²) < 4.78 is 61.6. The van der Waals surface area contributed by atoms with Crippen molar-refractivity contribution < 1.29 is 31.8 Å². The van der Waals surface area contributed by atoms with Gasteiger partial charge in [-0.1, -0.05) is 23.9 Å². The predicted molar refractivity (Wildman–Crippen MR) is 113 cm³/mol. The van der Waals surface area contributed by atoms with Crippen molar-refractivity contribution in [1.82, 2.24) is 19.2 Å². The number of carboxylic acid groups (broad SMARTS) is 1. The normalized spacial score (nSPS) is 17.2. The van der Waals surface area contributed by atoms with Gasteiger partial charge in [-0.3, -0.25) is 4.72 Å². The number of aromatic nitrogens is 2. The van der Waals surface area contributed by atoms with Crippen molar-refractivity contribution in [3.05, 3.63) is 41.5 Å². The van der Waals surface area contributed by atoms with Crippen molar-refractivity contribution >= 4 is 33.9 Å². The van der Waals surface area contributed by atoms with E-state index in [2.05, 4.69) is 14.7 Å². The zero-order valence-corrected chi connectivity index (χ0v) is 18.8. The van der Waals surface area contributed by atoms with Gasteiger partial charge in [0.2, 0.25) is 5.88 Å². The number of hydrogen-bond donors (Lipinski definition) is 2. The zero-order valence-electron chi connectivity index (χ0n) is 17.2. The summed E-state index contributed by atoms with van der Waals surface area (Å²) in [5.74, 6) is -1.94. The average molecular weight is 490 g/mol. The van der Waals surface area contributed by atoms with Crippen LogP contribution in [0.15, 0.2) is 29.4 Å². The first-order chi connectivity index (χ1) is 15.1. The van der Waals surface area contributed by atoms with E-state index in [1.54, 1.807) is 6.92 Å². The fourth-order valence-corrected chi connectivity index (χ4v) is 5.26. The van der Waals surface area contributed by atoms with Gasteiger partial charge in [0.1, 0.15) is 5.82 Å². The lowest BCUT2D eigenvalue weighted by Crippen LogP contribution is -2.56. The van der Waals surface area contributed by atoms with E-state index in [4.69, 9.17) is 9.84 Å². The Morgan fingerprint density at radius 2 is 2.09 bits per heavy atom. The van der Waals surface area contributed by atoms with Crippen LogP contribution in [0.2, 0.25) is 0 Å². The molecule has 1 aliphatic heterocycles. The average Bonchev–Trinajstić information content (AvgIpc) is 2.73. The third-order valence-electron chi connectivity index (χ3n) is 4.66. The van der Waals surface area contributed by atoms with Gasteiger partial charge in [0, 0.05) is 43.1 Å².